The molecular weight excluding hydrogens is 326 g/mol. The molecule has 0 unspecified atom stereocenters. The van der Waals surface area contributed by atoms with Crippen LogP contribution in [0.25, 0.3) is 0 Å². The lowest BCUT2D eigenvalue weighted by Gasteiger charge is -2.40. The lowest BCUT2D eigenvalue weighted by Crippen LogP contribution is -2.49. The van der Waals surface area contributed by atoms with Crippen molar-refractivity contribution in [3.05, 3.63) is 35.4 Å². The molecule has 3 rings (SSSR count). The number of carboxylic acid groups (broad SMARTS) is 1. The predicted octanol–water partition coefficient (Wildman–Crippen LogP) is 2.76. The minimum Gasteiger partial charge on any atom is -0.481 e. The Hall–Kier alpha value is -1.40. The van der Waals surface area contributed by atoms with Crippen molar-refractivity contribution < 1.29 is 18.3 Å². The number of nitrogens with zero attached hydrogens (tertiary/aromatic N) is 1. The molecule has 0 aromatic heterocycles. The molecule has 132 valence electrons. The Kier molecular flexibility index (Phi) is 4.71. The lowest BCUT2D eigenvalue weighted by molar-refractivity contribution is -0.152. The number of aryl methyl sites for hydroxylation is 1. The van der Waals surface area contributed by atoms with Gasteiger partial charge in [0.1, 0.15) is 0 Å². The first kappa shape index (κ1) is 17.4. The molecule has 1 aliphatic carbocycles. The summed E-state index contributed by atoms with van der Waals surface area (Å²) in [6.45, 7) is 3.06. The summed E-state index contributed by atoms with van der Waals surface area (Å²) in [5, 5.41) is 9.38. The number of sulfonamides is 1. The zero-order valence-electron chi connectivity index (χ0n) is 14.1. The minimum atomic E-state index is -3.51. The van der Waals surface area contributed by atoms with Crippen LogP contribution in [0, 0.1) is 12.3 Å². The van der Waals surface area contributed by atoms with Crippen molar-refractivity contribution in [2.75, 3.05) is 18.8 Å². The van der Waals surface area contributed by atoms with Gasteiger partial charge in [-0.3, -0.25) is 4.79 Å². The third-order valence-corrected chi connectivity index (χ3v) is 7.77. The summed E-state index contributed by atoms with van der Waals surface area (Å²) in [6, 6.07) is 8.25. The van der Waals surface area contributed by atoms with E-state index in [-0.39, 0.29) is 5.75 Å². The van der Waals surface area contributed by atoms with E-state index in [1.807, 2.05) is 12.1 Å². The number of hydrogen-bond acceptors (Lipinski definition) is 3. The van der Waals surface area contributed by atoms with Gasteiger partial charge >= 0.3 is 5.97 Å². The van der Waals surface area contributed by atoms with Crippen LogP contribution in [-0.2, 0) is 14.8 Å². The van der Waals surface area contributed by atoms with E-state index in [2.05, 4.69) is 19.1 Å². The van der Waals surface area contributed by atoms with E-state index >= 15 is 0 Å². The van der Waals surface area contributed by atoms with Crippen LogP contribution in [0.15, 0.2) is 24.3 Å². The Morgan fingerprint density at radius 2 is 1.88 bits per heavy atom. The first-order chi connectivity index (χ1) is 11.3. The van der Waals surface area contributed by atoms with Crippen molar-refractivity contribution in [3.8, 4) is 0 Å². The molecule has 1 heterocycles. The van der Waals surface area contributed by atoms with Gasteiger partial charge in [-0.1, -0.05) is 30.7 Å². The first-order valence-electron chi connectivity index (χ1n) is 8.61. The molecular formula is C18H25NO4S. The molecule has 0 bridgehead atoms. The van der Waals surface area contributed by atoms with Crippen LogP contribution in [0.2, 0.25) is 0 Å². The number of carboxylic acids is 1. The normalized spacial score (nSPS) is 22.0. The number of aliphatic carboxylic acids is 1. The molecule has 1 aromatic carbocycles. The topological polar surface area (TPSA) is 74.7 Å². The van der Waals surface area contributed by atoms with Crippen molar-refractivity contribution in [2.24, 2.45) is 5.41 Å². The van der Waals surface area contributed by atoms with Gasteiger partial charge in [0, 0.05) is 13.1 Å². The van der Waals surface area contributed by atoms with E-state index in [4.69, 9.17) is 0 Å². The summed E-state index contributed by atoms with van der Waals surface area (Å²) in [7, 11) is -3.51. The molecule has 5 nitrogen and oxygen atoms in total. The van der Waals surface area contributed by atoms with Crippen LogP contribution in [0.1, 0.15) is 49.1 Å². The van der Waals surface area contributed by atoms with Gasteiger partial charge in [0.2, 0.25) is 10.0 Å². The molecule has 6 heteroatoms. The molecule has 0 atom stereocenters. The Bertz CT molecular complexity index is 716. The molecule has 1 aliphatic heterocycles. The van der Waals surface area contributed by atoms with Crippen molar-refractivity contribution in [3.63, 3.8) is 0 Å². The van der Waals surface area contributed by atoms with Crippen LogP contribution in [0.3, 0.4) is 0 Å². The molecule has 1 saturated heterocycles. The Morgan fingerprint density at radius 3 is 2.38 bits per heavy atom. The molecule has 0 spiro atoms. The van der Waals surface area contributed by atoms with Gasteiger partial charge in [-0.15, -0.1) is 0 Å². The average Bonchev–Trinajstić information content (AvgIpc) is 2.51. The third-order valence-electron chi connectivity index (χ3n) is 5.70. The van der Waals surface area contributed by atoms with E-state index in [0.29, 0.717) is 31.8 Å². The summed E-state index contributed by atoms with van der Waals surface area (Å²) in [4.78, 5) is 11.5. The molecule has 24 heavy (non-hydrogen) atoms. The van der Waals surface area contributed by atoms with Gasteiger partial charge in [0.25, 0.3) is 0 Å². The van der Waals surface area contributed by atoms with E-state index in [9.17, 15) is 18.3 Å². The fourth-order valence-corrected chi connectivity index (χ4v) is 6.01. The summed E-state index contributed by atoms with van der Waals surface area (Å²) < 4.78 is 26.8. The van der Waals surface area contributed by atoms with E-state index in [1.54, 1.807) is 0 Å². The van der Waals surface area contributed by atoms with Crippen LogP contribution in [0.4, 0.5) is 0 Å². The quantitative estimate of drug-likeness (QED) is 0.885. The number of carbonyl (C=O) groups is 1. The third kappa shape index (κ3) is 3.22. The highest BCUT2D eigenvalue weighted by Crippen LogP contribution is 2.43. The average molecular weight is 351 g/mol. The maximum absolute atomic E-state index is 12.7. The zero-order valence-corrected chi connectivity index (χ0v) is 14.9. The Balaban J connectivity index is 1.66. The number of rotatable bonds is 5. The summed E-state index contributed by atoms with van der Waals surface area (Å²) in [5.41, 5.74) is 1.50. The highest BCUT2D eigenvalue weighted by Gasteiger charge is 2.49. The number of hydrogen-bond donors (Lipinski definition) is 1. The molecule has 2 aliphatic rings. The van der Waals surface area contributed by atoms with Gasteiger partial charge < -0.3 is 5.11 Å². The van der Waals surface area contributed by atoms with Gasteiger partial charge in [0.15, 0.2) is 0 Å². The van der Waals surface area contributed by atoms with Crippen molar-refractivity contribution in [2.45, 2.75) is 44.9 Å². The molecule has 1 N–H and O–H groups in total. The van der Waals surface area contributed by atoms with E-state index in [0.717, 1.165) is 19.3 Å². The second-order valence-corrected chi connectivity index (χ2v) is 9.19. The molecule has 0 amide bonds. The number of benzene rings is 1. The van der Waals surface area contributed by atoms with Crippen LogP contribution < -0.4 is 0 Å². The zero-order chi connectivity index (χ0) is 17.4. The maximum Gasteiger partial charge on any atom is 0.310 e. The SMILES string of the molecule is Cc1ccccc1C1CCN(S(=O)(=O)CC2(C(=O)O)CCC2)CC1. The number of piperidine rings is 1. The highest BCUT2D eigenvalue weighted by atomic mass is 32.2. The largest absolute Gasteiger partial charge is 0.481 e. The van der Waals surface area contributed by atoms with Crippen LogP contribution in [0.5, 0.6) is 0 Å². The standard InChI is InChI=1S/C18H25NO4S/c1-14-5-2-3-6-16(14)15-7-11-19(12-8-15)24(22,23)13-18(17(20)21)9-4-10-18/h2-3,5-6,15H,4,7-13H2,1H3,(H,20,21). The predicted molar refractivity (Wildman–Crippen MR) is 92.4 cm³/mol. The van der Waals surface area contributed by atoms with Gasteiger partial charge in [-0.05, 0) is 49.7 Å². The van der Waals surface area contributed by atoms with Crippen molar-refractivity contribution >= 4 is 16.0 Å². The smallest absolute Gasteiger partial charge is 0.310 e. The minimum absolute atomic E-state index is 0.246. The molecule has 1 aromatic rings. The van der Waals surface area contributed by atoms with Crippen molar-refractivity contribution in [1.29, 1.82) is 0 Å². The second kappa shape index (κ2) is 6.48. The van der Waals surface area contributed by atoms with Gasteiger partial charge in [0.05, 0.1) is 11.2 Å². The maximum atomic E-state index is 12.7. The lowest BCUT2D eigenvalue weighted by atomic mass is 9.70. The summed E-state index contributed by atoms with van der Waals surface area (Å²) in [5.74, 6) is -0.827. The van der Waals surface area contributed by atoms with E-state index in [1.165, 1.54) is 15.4 Å². The highest BCUT2D eigenvalue weighted by molar-refractivity contribution is 7.89. The Labute approximate surface area is 143 Å². The van der Waals surface area contributed by atoms with Gasteiger partial charge in [-0.2, -0.15) is 0 Å². The Morgan fingerprint density at radius 1 is 1.25 bits per heavy atom. The fourth-order valence-electron chi connectivity index (χ4n) is 3.95. The first-order valence-corrected chi connectivity index (χ1v) is 10.2. The molecule has 1 saturated carbocycles. The molecule has 2 fully saturated rings. The van der Waals surface area contributed by atoms with Crippen LogP contribution >= 0.6 is 0 Å². The summed E-state index contributed by atoms with van der Waals surface area (Å²) >= 11 is 0. The van der Waals surface area contributed by atoms with Crippen molar-refractivity contribution in [1.82, 2.24) is 4.31 Å². The second-order valence-electron chi connectivity index (χ2n) is 7.23. The van der Waals surface area contributed by atoms with Crippen LogP contribution in [-0.4, -0.2) is 42.6 Å². The fraction of sp³-hybridized carbons (Fsp3) is 0.611. The summed E-state index contributed by atoms with van der Waals surface area (Å²) in [6.07, 6.45) is 3.34. The van der Waals surface area contributed by atoms with Gasteiger partial charge in [-0.25, -0.2) is 12.7 Å². The van der Waals surface area contributed by atoms with E-state index < -0.39 is 21.4 Å². The molecule has 0 radical (unpaired) electrons. The monoisotopic (exact) mass is 351 g/mol.